The molecule has 0 spiro atoms. The second-order valence-corrected chi connectivity index (χ2v) is 8.20. The number of rotatable bonds is 8. The molecule has 0 aliphatic heterocycles. The predicted molar refractivity (Wildman–Crippen MR) is 114 cm³/mol. The van der Waals surface area contributed by atoms with E-state index in [9.17, 15) is 14.9 Å². The lowest BCUT2D eigenvalue weighted by Gasteiger charge is -2.06. The van der Waals surface area contributed by atoms with Crippen LogP contribution in [0.25, 0.3) is 0 Å². The SMILES string of the molecule is Cc1ccc(SCc2nnc(SCC(=O)Nc3cccc([N+](=O)[O-])c3)n2C)cc1. The number of non-ortho nitro benzene ring substituents is 1. The molecule has 0 saturated heterocycles. The van der Waals surface area contributed by atoms with Crippen molar-refractivity contribution in [1.82, 2.24) is 14.8 Å². The molecule has 0 atom stereocenters. The number of nitrogens with one attached hydrogen (secondary N) is 1. The zero-order valence-electron chi connectivity index (χ0n) is 15.9. The Morgan fingerprint density at radius 1 is 1.17 bits per heavy atom. The fourth-order valence-corrected chi connectivity index (χ4v) is 4.01. The first-order chi connectivity index (χ1) is 13.9. The molecule has 0 radical (unpaired) electrons. The zero-order valence-corrected chi connectivity index (χ0v) is 17.5. The lowest BCUT2D eigenvalue weighted by Crippen LogP contribution is -2.14. The number of nitro benzene ring substituents is 1. The Labute approximate surface area is 176 Å². The number of nitro groups is 1. The van der Waals surface area contributed by atoms with Gasteiger partial charge in [0.15, 0.2) is 5.16 Å². The second-order valence-electron chi connectivity index (χ2n) is 6.20. The fraction of sp³-hybridized carbons (Fsp3) is 0.211. The van der Waals surface area contributed by atoms with Gasteiger partial charge >= 0.3 is 0 Å². The van der Waals surface area contributed by atoms with Crippen LogP contribution in [-0.2, 0) is 17.6 Å². The van der Waals surface area contributed by atoms with Crippen molar-refractivity contribution < 1.29 is 9.72 Å². The van der Waals surface area contributed by atoms with E-state index in [4.69, 9.17) is 0 Å². The number of carbonyl (C=O) groups excluding carboxylic acids is 1. The molecule has 0 saturated carbocycles. The quantitative estimate of drug-likeness (QED) is 0.327. The number of amides is 1. The van der Waals surface area contributed by atoms with E-state index in [-0.39, 0.29) is 17.3 Å². The maximum Gasteiger partial charge on any atom is 0.271 e. The first-order valence-electron chi connectivity index (χ1n) is 8.67. The maximum absolute atomic E-state index is 12.2. The van der Waals surface area contributed by atoms with Crippen LogP contribution in [0, 0.1) is 17.0 Å². The minimum Gasteiger partial charge on any atom is -0.325 e. The van der Waals surface area contributed by atoms with Crippen molar-refractivity contribution in [2.24, 2.45) is 7.05 Å². The molecule has 1 N–H and O–H groups in total. The average molecular weight is 430 g/mol. The van der Waals surface area contributed by atoms with Crippen LogP contribution in [0.3, 0.4) is 0 Å². The molecule has 3 aromatic rings. The fourth-order valence-electron chi connectivity index (χ4n) is 2.40. The van der Waals surface area contributed by atoms with Crippen molar-refractivity contribution in [3.8, 4) is 0 Å². The Balaban J connectivity index is 1.53. The van der Waals surface area contributed by atoms with Crippen molar-refractivity contribution in [2.75, 3.05) is 11.1 Å². The molecular formula is C19H19N5O3S2. The molecule has 3 rings (SSSR count). The summed E-state index contributed by atoms with van der Waals surface area (Å²) < 4.78 is 1.87. The summed E-state index contributed by atoms with van der Waals surface area (Å²) in [5.74, 6) is 1.35. The number of hydrogen-bond acceptors (Lipinski definition) is 7. The molecule has 150 valence electrons. The lowest BCUT2D eigenvalue weighted by molar-refractivity contribution is -0.384. The Kier molecular flexibility index (Phi) is 6.89. The van der Waals surface area contributed by atoms with E-state index in [1.807, 2.05) is 11.6 Å². The van der Waals surface area contributed by atoms with Gasteiger partial charge in [0.2, 0.25) is 5.91 Å². The number of carbonyl (C=O) groups is 1. The largest absolute Gasteiger partial charge is 0.325 e. The van der Waals surface area contributed by atoms with E-state index in [0.717, 1.165) is 10.7 Å². The number of aromatic nitrogens is 3. The summed E-state index contributed by atoms with van der Waals surface area (Å²) in [5.41, 5.74) is 1.53. The first-order valence-corrected chi connectivity index (χ1v) is 10.6. The molecule has 0 bridgehead atoms. The zero-order chi connectivity index (χ0) is 20.8. The van der Waals surface area contributed by atoms with Gasteiger partial charge in [-0.25, -0.2) is 0 Å². The van der Waals surface area contributed by atoms with E-state index in [2.05, 4.69) is 46.7 Å². The maximum atomic E-state index is 12.2. The van der Waals surface area contributed by atoms with Crippen LogP contribution in [-0.4, -0.2) is 31.3 Å². The van der Waals surface area contributed by atoms with Crippen molar-refractivity contribution in [3.05, 3.63) is 70.0 Å². The number of aryl methyl sites for hydroxylation is 1. The van der Waals surface area contributed by atoms with E-state index in [1.165, 1.54) is 35.5 Å². The van der Waals surface area contributed by atoms with Gasteiger partial charge in [0.05, 0.1) is 16.4 Å². The predicted octanol–water partition coefficient (Wildman–Crippen LogP) is 4.05. The van der Waals surface area contributed by atoms with Gasteiger partial charge in [0.25, 0.3) is 5.69 Å². The normalized spacial score (nSPS) is 10.7. The van der Waals surface area contributed by atoms with Crippen LogP contribution < -0.4 is 5.32 Å². The highest BCUT2D eigenvalue weighted by molar-refractivity contribution is 7.99. The van der Waals surface area contributed by atoms with Crippen LogP contribution in [0.15, 0.2) is 58.6 Å². The smallest absolute Gasteiger partial charge is 0.271 e. The minimum absolute atomic E-state index is 0.0699. The molecule has 8 nitrogen and oxygen atoms in total. The minimum atomic E-state index is -0.500. The molecule has 0 aliphatic carbocycles. The number of hydrogen-bond donors (Lipinski definition) is 1. The third-order valence-corrected chi connectivity index (χ3v) is 6.02. The summed E-state index contributed by atoms with van der Waals surface area (Å²) in [6, 6.07) is 14.1. The van der Waals surface area contributed by atoms with Crippen molar-refractivity contribution in [3.63, 3.8) is 0 Å². The lowest BCUT2D eigenvalue weighted by atomic mass is 10.2. The van der Waals surface area contributed by atoms with E-state index >= 15 is 0 Å². The standard InChI is InChI=1S/C19H19N5O3S2/c1-13-6-8-16(9-7-13)28-11-17-21-22-19(23(17)2)29-12-18(25)20-14-4-3-5-15(10-14)24(26)27/h3-10H,11-12H2,1-2H3,(H,20,25). The molecular weight excluding hydrogens is 410 g/mol. The molecule has 0 unspecified atom stereocenters. The molecule has 1 heterocycles. The van der Waals surface area contributed by atoms with Crippen molar-refractivity contribution in [1.29, 1.82) is 0 Å². The van der Waals surface area contributed by atoms with Crippen LogP contribution in [0.4, 0.5) is 11.4 Å². The Hall–Kier alpha value is -2.85. The molecule has 10 heteroatoms. The number of thioether (sulfide) groups is 2. The van der Waals surface area contributed by atoms with Crippen LogP contribution in [0.2, 0.25) is 0 Å². The molecule has 1 aromatic heterocycles. The highest BCUT2D eigenvalue weighted by Gasteiger charge is 2.13. The van der Waals surface area contributed by atoms with E-state index < -0.39 is 4.92 Å². The Morgan fingerprint density at radius 2 is 1.93 bits per heavy atom. The number of anilines is 1. The van der Waals surface area contributed by atoms with Gasteiger partial charge < -0.3 is 9.88 Å². The average Bonchev–Trinajstić information content (AvgIpc) is 3.06. The van der Waals surface area contributed by atoms with Gasteiger partial charge in [-0.2, -0.15) is 0 Å². The molecule has 0 aliphatic rings. The highest BCUT2D eigenvalue weighted by atomic mass is 32.2. The molecule has 0 fully saturated rings. The Morgan fingerprint density at radius 3 is 2.66 bits per heavy atom. The first kappa shape index (κ1) is 20.9. The van der Waals surface area contributed by atoms with Crippen LogP contribution in [0.1, 0.15) is 11.4 Å². The summed E-state index contributed by atoms with van der Waals surface area (Å²) in [6.07, 6.45) is 0. The third kappa shape index (κ3) is 5.81. The molecule has 1 amide bonds. The summed E-state index contributed by atoms with van der Waals surface area (Å²) in [7, 11) is 1.87. The van der Waals surface area contributed by atoms with Gasteiger partial charge in [0.1, 0.15) is 5.82 Å². The van der Waals surface area contributed by atoms with Crippen molar-refractivity contribution in [2.45, 2.75) is 22.7 Å². The van der Waals surface area contributed by atoms with Crippen LogP contribution in [0.5, 0.6) is 0 Å². The summed E-state index contributed by atoms with van der Waals surface area (Å²) in [4.78, 5) is 23.6. The van der Waals surface area contributed by atoms with Gasteiger partial charge in [-0.1, -0.05) is 35.5 Å². The van der Waals surface area contributed by atoms with Gasteiger partial charge in [-0.3, -0.25) is 14.9 Å². The van der Waals surface area contributed by atoms with Gasteiger partial charge in [-0.05, 0) is 25.1 Å². The Bertz CT molecular complexity index is 1020. The second kappa shape index (κ2) is 9.57. The number of nitrogens with zero attached hydrogens (tertiary/aromatic N) is 4. The summed E-state index contributed by atoms with van der Waals surface area (Å²) in [6.45, 7) is 2.05. The molecule has 29 heavy (non-hydrogen) atoms. The number of benzene rings is 2. The van der Waals surface area contributed by atoms with Crippen LogP contribution >= 0.6 is 23.5 Å². The topological polar surface area (TPSA) is 103 Å². The van der Waals surface area contributed by atoms with E-state index in [1.54, 1.807) is 17.8 Å². The van der Waals surface area contributed by atoms with Gasteiger partial charge in [0, 0.05) is 29.8 Å². The summed E-state index contributed by atoms with van der Waals surface area (Å²) >= 11 is 2.94. The molecule has 2 aromatic carbocycles. The van der Waals surface area contributed by atoms with Gasteiger partial charge in [-0.15, -0.1) is 22.0 Å². The summed E-state index contributed by atoms with van der Waals surface area (Å²) in [5, 5.41) is 22.5. The van der Waals surface area contributed by atoms with Crippen molar-refractivity contribution >= 4 is 40.8 Å². The van der Waals surface area contributed by atoms with E-state index in [0.29, 0.717) is 16.6 Å². The third-order valence-electron chi connectivity index (χ3n) is 3.99. The highest BCUT2D eigenvalue weighted by Crippen LogP contribution is 2.24. The monoisotopic (exact) mass is 429 g/mol.